The molecule has 0 bridgehead atoms. The zero-order valence-electron chi connectivity index (χ0n) is 10.4. The average molecular weight is 232 g/mol. The van der Waals surface area contributed by atoms with Crippen molar-refractivity contribution in [3.8, 4) is 0 Å². The van der Waals surface area contributed by atoms with Crippen LogP contribution in [0.2, 0.25) is 0 Å². The van der Waals surface area contributed by atoms with E-state index < -0.39 is 0 Å². The molecule has 2 saturated carbocycles. The van der Waals surface area contributed by atoms with Gasteiger partial charge in [-0.05, 0) is 37.7 Å². The number of rotatable bonds is 3. The number of aromatic nitrogens is 1. The average Bonchev–Trinajstić information content (AvgIpc) is 3.12. The van der Waals surface area contributed by atoms with Gasteiger partial charge in [0.2, 0.25) is 0 Å². The number of pyridine rings is 1. The topological polar surface area (TPSA) is 34.0 Å². The third kappa shape index (κ3) is 2.11. The van der Waals surface area contributed by atoms with Gasteiger partial charge in [0.05, 0.1) is 5.69 Å². The Balaban J connectivity index is 1.74. The van der Waals surface area contributed by atoms with E-state index in [2.05, 4.69) is 5.32 Å². The Morgan fingerprint density at radius 3 is 3.12 bits per heavy atom. The summed E-state index contributed by atoms with van der Waals surface area (Å²) in [4.78, 5) is 11.5. The zero-order valence-corrected chi connectivity index (χ0v) is 10.4. The fraction of sp³-hybridized carbons (Fsp3) is 0.643. The van der Waals surface area contributed by atoms with E-state index in [4.69, 9.17) is 0 Å². The molecule has 92 valence electrons. The molecule has 0 saturated heterocycles. The first-order valence-corrected chi connectivity index (χ1v) is 6.75. The summed E-state index contributed by atoms with van der Waals surface area (Å²) >= 11 is 0. The summed E-state index contributed by atoms with van der Waals surface area (Å²) in [5.74, 6) is 1.88. The number of anilines is 1. The molecule has 1 heterocycles. The molecule has 3 unspecified atom stereocenters. The Hall–Kier alpha value is -1.25. The van der Waals surface area contributed by atoms with Gasteiger partial charge in [-0.25, -0.2) is 0 Å². The quantitative estimate of drug-likeness (QED) is 0.868. The van der Waals surface area contributed by atoms with E-state index in [1.165, 1.54) is 25.7 Å². The maximum atomic E-state index is 11.5. The minimum Gasteiger partial charge on any atom is -0.381 e. The number of nitrogens with one attached hydrogen (secondary N) is 1. The summed E-state index contributed by atoms with van der Waals surface area (Å²) in [7, 11) is 0. The van der Waals surface area contributed by atoms with Crippen molar-refractivity contribution in [1.29, 1.82) is 0 Å². The number of hydrogen-bond acceptors (Lipinski definition) is 2. The van der Waals surface area contributed by atoms with Crippen molar-refractivity contribution in [2.24, 2.45) is 11.8 Å². The van der Waals surface area contributed by atoms with Gasteiger partial charge in [-0.2, -0.15) is 0 Å². The highest BCUT2D eigenvalue weighted by Crippen LogP contribution is 2.50. The smallest absolute Gasteiger partial charge is 0.250 e. The van der Waals surface area contributed by atoms with Crippen LogP contribution in [0.3, 0.4) is 0 Å². The minimum absolute atomic E-state index is 0.0889. The lowest BCUT2D eigenvalue weighted by atomic mass is 9.95. The third-order valence-corrected chi connectivity index (χ3v) is 4.26. The number of nitrogens with zero attached hydrogens (tertiary/aromatic N) is 1. The van der Waals surface area contributed by atoms with Gasteiger partial charge in [0.1, 0.15) is 0 Å². The molecule has 2 aliphatic carbocycles. The molecule has 1 aromatic rings. The predicted molar refractivity (Wildman–Crippen MR) is 69.2 cm³/mol. The second-order valence-corrected chi connectivity index (χ2v) is 5.38. The fourth-order valence-corrected chi connectivity index (χ4v) is 3.17. The van der Waals surface area contributed by atoms with Crippen molar-refractivity contribution < 1.29 is 0 Å². The van der Waals surface area contributed by atoms with Gasteiger partial charge in [-0.15, -0.1) is 0 Å². The monoisotopic (exact) mass is 232 g/mol. The summed E-state index contributed by atoms with van der Waals surface area (Å²) < 4.78 is 1.76. The molecule has 2 aliphatic rings. The number of fused-ring (bicyclic) bond motifs is 1. The molecule has 0 amide bonds. The summed E-state index contributed by atoms with van der Waals surface area (Å²) in [6.45, 7) is 2.74. The van der Waals surface area contributed by atoms with Crippen LogP contribution in [0.5, 0.6) is 0 Å². The van der Waals surface area contributed by atoms with Gasteiger partial charge in [0, 0.05) is 24.8 Å². The minimum atomic E-state index is 0.0889. The molecule has 2 fully saturated rings. The van der Waals surface area contributed by atoms with E-state index in [-0.39, 0.29) is 5.56 Å². The van der Waals surface area contributed by atoms with Crippen LogP contribution in [0.4, 0.5) is 5.69 Å². The zero-order chi connectivity index (χ0) is 11.8. The van der Waals surface area contributed by atoms with E-state index >= 15 is 0 Å². The Morgan fingerprint density at radius 1 is 1.41 bits per heavy atom. The third-order valence-electron chi connectivity index (χ3n) is 4.26. The first-order chi connectivity index (χ1) is 8.28. The van der Waals surface area contributed by atoms with Gasteiger partial charge >= 0.3 is 0 Å². The highest BCUT2D eigenvalue weighted by molar-refractivity contribution is 5.42. The molecule has 1 aromatic heterocycles. The summed E-state index contributed by atoms with van der Waals surface area (Å²) in [5, 5.41) is 3.61. The van der Waals surface area contributed by atoms with Crippen LogP contribution in [0.25, 0.3) is 0 Å². The molecule has 1 N–H and O–H groups in total. The number of hydrogen-bond donors (Lipinski definition) is 1. The maximum absolute atomic E-state index is 11.5. The normalized spacial score (nSPS) is 30.8. The Morgan fingerprint density at radius 2 is 2.29 bits per heavy atom. The molecule has 3 rings (SSSR count). The second kappa shape index (κ2) is 4.21. The second-order valence-electron chi connectivity index (χ2n) is 5.38. The lowest BCUT2D eigenvalue weighted by Gasteiger charge is -2.24. The van der Waals surface area contributed by atoms with Crippen molar-refractivity contribution >= 4 is 5.69 Å². The SMILES string of the molecule is CCn1cc(NC2CCCC3CC32)ccc1=O. The van der Waals surface area contributed by atoms with Crippen molar-refractivity contribution in [1.82, 2.24) is 4.57 Å². The molecule has 3 nitrogen and oxygen atoms in total. The van der Waals surface area contributed by atoms with Gasteiger partial charge in [0.25, 0.3) is 5.56 Å². The first kappa shape index (κ1) is 10.9. The van der Waals surface area contributed by atoms with Gasteiger partial charge < -0.3 is 9.88 Å². The Kier molecular flexibility index (Phi) is 2.69. The lowest BCUT2D eigenvalue weighted by molar-refractivity contribution is 0.439. The molecule has 0 spiro atoms. The van der Waals surface area contributed by atoms with E-state index in [0.29, 0.717) is 6.04 Å². The van der Waals surface area contributed by atoms with Crippen molar-refractivity contribution in [2.75, 3.05) is 5.32 Å². The van der Waals surface area contributed by atoms with E-state index in [0.717, 1.165) is 24.1 Å². The maximum Gasteiger partial charge on any atom is 0.250 e. The molecule has 0 radical (unpaired) electrons. The van der Waals surface area contributed by atoms with Crippen molar-refractivity contribution in [3.05, 3.63) is 28.7 Å². The molecule has 0 aliphatic heterocycles. The molecular formula is C14H20N2O. The van der Waals surface area contributed by atoms with Crippen LogP contribution >= 0.6 is 0 Å². The fourth-order valence-electron chi connectivity index (χ4n) is 3.17. The number of aryl methyl sites for hydroxylation is 1. The summed E-state index contributed by atoms with van der Waals surface area (Å²) in [6, 6.07) is 4.22. The molecule has 0 aromatic carbocycles. The predicted octanol–water partition coefficient (Wildman–Crippen LogP) is 2.47. The largest absolute Gasteiger partial charge is 0.381 e. The van der Waals surface area contributed by atoms with E-state index in [1.807, 2.05) is 19.2 Å². The summed E-state index contributed by atoms with van der Waals surface area (Å²) in [5.41, 5.74) is 1.19. The Labute approximate surface area is 102 Å². The first-order valence-electron chi connectivity index (χ1n) is 6.75. The van der Waals surface area contributed by atoms with Gasteiger partial charge in [0.15, 0.2) is 0 Å². The van der Waals surface area contributed by atoms with Crippen LogP contribution in [-0.2, 0) is 6.54 Å². The van der Waals surface area contributed by atoms with Crippen LogP contribution in [0, 0.1) is 11.8 Å². The van der Waals surface area contributed by atoms with Crippen molar-refractivity contribution in [2.45, 2.75) is 45.2 Å². The lowest BCUT2D eigenvalue weighted by Crippen LogP contribution is -2.27. The van der Waals surface area contributed by atoms with Crippen LogP contribution in [-0.4, -0.2) is 10.6 Å². The molecule has 17 heavy (non-hydrogen) atoms. The van der Waals surface area contributed by atoms with E-state index in [1.54, 1.807) is 10.6 Å². The molecule has 3 heteroatoms. The van der Waals surface area contributed by atoms with Crippen LogP contribution < -0.4 is 10.9 Å². The van der Waals surface area contributed by atoms with Crippen molar-refractivity contribution in [3.63, 3.8) is 0 Å². The summed E-state index contributed by atoms with van der Waals surface area (Å²) in [6.07, 6.45) is 7.43. The standard InChI is InChI=1S/C14H20N2O/c1-2-16-9-11(6-7-14(16)17)15-13-5-3-4-10-8-12(10)13/h6-7,9-10,12-13,15H,2-5,8H2,1H3. The highest BCUT2D eigenvalue weighted by atomic mass is 16.1. The van der Waals surface area contributed by atoms with E-state index in [9.17, 15) is 4.79 Å². The van der Waals surface area contributed by atoms with Crippen LogP contribution in [0.15, 0.2) is 23.1 Å². The van der Waals surface area contributed by atoms with Gasteiger partial charge in [-0.3, -0.25) is 4.79 Å². The highest BCUT2D eigenvalue weighted by Gasteiger charge is 2.45. The Bertz CT molecular complexity index is 466. The van der Waals surface area contributed by atoms with Gasteiger partial charge in [-0.1, -0.05) is 12.8 Å². The molecule has 3 atom stereocenters. The van der Waals surface area contributed by atoms with Crippen LogP contribution in [0.1, 0.15) is 32.6 Å². The molecular weight excluding hydrogens is 212 g/mol.